The molecule has 0 fully saturated rings. The molecule has 1 nitrogen and oxygen atoms in total. The van der Waals surface area contributed by atoms with Crippen molar-refractivity contribution in [2.24, 2.45) is 0 Å². The summed E-state index contributed by atoms with van der Waals surface area (Å²) in [6.45, 7) is 4.41. The van der Waals surface area contributed by atoms with Crippen LogP contribution in [0.25, 0.3) is 0 Å². The van der Waals surface area contributed by atoms with Crippen LogP contribution in [0.3, 0.4) is 0 Å². The zero-order valence-corrected chi connectivity index (χ0v) is 11.1. The lowest BCUT2D eigenvalue weighted by Crippen LogP contribution is -2.31. The molecule has 92 valence electrons. The highest BCUT2D eigenvalue weighted by Gasteiger charge is 2.25. The standard InChI is InChI=1S/C17H19N/c1-13-7-6-10-15-16(13)11-18(2)12-17(15)14-8-4-3-5-9-14/h3-10,17H,11-12H2,1-2H3/t17-/m1/s1. The molecule has 3 rings (SSSR count). The Hall–Kier alpha value is -1.60. The molecular weight excluding hydrogens is 218 g/mol. The van der Waals surface area contributed by atoms with Gasteiger partial charge >= 0.3 is 0 Å². The molecule has 0 aromatic heterocycles. The first-order valence-electron chi connectivity index (χ1n) is 6.57. The molecule has 2 aromatic rings. The maximum Gasteiger partial charge on any atom is 0.0236 e. The van der Waals surface area contributed by atoms with E-state index in [0.717, 1.165) is 13.1 Å². The Morgan fingerprint density at radius 3 is 2.56 bits per heavy atom. The van der Waals surface area contributed by atoms with Crippen molar-refractivity contribution in [1.82, 2.24) is 4.90 Å². The van der Waals surface area contributed by atoms with Crippen LogP contribution >= 0.6 is 0 Å². The summed E-state index contributed by atoms with van der Waals surface area (Å²) in [7, 11) is 2.21. The molecule has 1 heterocycles. The third kappa shape index (κ3) is 1.95. The lowest BCUT2D eigenvalue weighted by molar-refractivity contribution is 0.294. The highest BCUT2D eigenvalue weighted by molar-refractivity contribution is 5.43. The minimum atomic E-state index is 0.514. The minimum absolute atomic E-state index is 0.514. The second kappa shape index (κ2) is 4.58. The SMILES string of the molecule is Cc1cccc2c1CN(C)C[C@@H]2c1ccccc1. The Morgan fingerprint density at radius 1 is 1.00 bits per heavy atom. The van der Waals surface area contributed by atoms with Gasteiger partial charge in [0.2, 0.25) is 0 Å². The number of aryl methyl sites for hydroxylation is 1. The fourth-order valence-electron chi connectivity index (χ4n) is 2.98. The van der Waals surface area contributed by atoms with E-state index < -0.39 is 0 Å². The number of rotatable bonds is 1. The minimum Gasteiger partial charge on any atom is -0.301 e. The summed E-state index contributed by atoms with van der Waals surface area (Å²) in [6, 6.07) is 17.6. The van der Waals surface area contributed by atoms with E-state index in [4.69, 9.17) is 0 Å². The van der Waals surface area contributed by atoms with Crippen molar-refractivity contribution in [3.63, 3.8) is 0 Å². The summed E-state index contributed by atoms with van der Waals surface area (Å²) in [5, 5.41) is 0. The van der Waals surface area contributed by atoms with E-state index in [-0.39, 0.29) is 0 Å². The van der Waals surface area contributed by atoms with Gasteiger partial charge in [0, 0.05) is 19.0 Å². The molecule has 1 atom stereocenters. The van der Waals surface area contributed by atoms with Crippen molar-refractivity contribution in [3.8, 4) is 0 Å². The van der Waals surface area contributed by atoms with Crippen LogP contribution in [-0.2, 0) is 6.54 Å². The van der Waals surface area contributed by atoms with Gasteiger partial charge in [-0.05, 0) is 36.2 Å². The van der Waals surface area contributed by atoms with Crippen LogP contribution in [0.5, 0.6) is 0 Å². The smallest absolute Gasteiger partial charge is 0.0236 e. The van der Waals surface area contributed by atoms with E-state index in [1.807, 2.05) is 0 Å². The van der Waals surface area contributed by atoms with E-state index in [1.54, 1.807) is 0 Å². The molecular formula is C17H19N. The van der Waals surface area contributed by atoms with Crippen LogP contribution in [0.1, 0.15) is 28.2 Å². The van der Waals surface area contributed by atoms with Gasteiger partial charge in [-0.1, -0.05) is 48.5 Å². The lowest BCUT2D eigenvalue weighted by atomic mass is 9.83. The predicted molar refractivity (Wildman–Crippen MR) is 75.8 cm³/mol. The molecule has 2 aromatic carbocycles. The molecule has 1 heteroatoms. The van der Waals surface area contributed by atoms with Crippen molar-refractivity contribution >= 4 is 0 Å². The molecule has 0 saturated heterocycles. The zero-order chi connectivity index (χ0) is 12.5. The molecule has 18 heavy (non-hydrogen) atoms. The van der Waals surface area contributed by atoms with Crippen molar-refractivity contribution in [3.05, 3.63) is 70.8 Å². The van der Waals surface area contributed by atoms with Crippen molar-refractivity contribution in [1.29, 1.82) is 0 Å². The fourth-order valence-corrected chi connectivity index (χ4v) is 2.98. The normalized spacial score (nSPS) is 19.6. The van der Waals surface area contributed by atoms with Gasteiger partial charge in [0.1, 0.15) is 0 Å². The van der Waals surface area contributed by atoms with E-state index in [2.05, 4.69) is 67.4 Å². The van der Waals surface area contributed by atoms with E-state index in [9.17, 15) is 0 Å². The van der Waals surface area contributed by atoms with E-state index in [0.29, 0.717) is 5.92 Å². The predicted octanol–water partition coefficient (Wildman–Crippen LogP) is 3.57. The molecule has 1 aliphatic rings. The molecule has 0 bridgehead atoms. The van der Waals surface area contributed by atoms with Gasteiger partial charge in [-0.3, -0.25) is 0 Å². The first kappa shape index (κ1) is 11.5. The fraction of sp³-hybridized carbons (Fsp3) is 0.294. The third-order valence-corrected chi connectivity index (χ3v) is 3.95. The zero-order valence-electron chi connectivity index (χ0n) is 11.1. The molecule has 0 radical (unpaired) electrons. The van der Waals surface area contributed by atoms with Gasteiger partial charge in [0.25, 0.3) is 0 Å². The Kier molecular flexibility index (Phi) is 2.92. The van der Waals surface area contributed by atoms with Crippen LogP contribution in [0.4, 0.5) is 0 Å². The molecule has 0 spiro atoms. The third-order valence-electron chi connectivity index (χ3n) is 3.95. The van der Waals surface area contributed by atoms with Gasteiger partial charge in [0.05, 0.1) is 0 Å². The van der Waals surface area contributed by atoms with E-state index >= 15 is 0 Å². The monoisotopic (exact) mass is 237 g/mol. The largest absolute Gasteiger partial charge is 0.301 e. The summed E-state index contributed by atoms with van der Waals surface area (Å²) in [5.74, 6) is 0.514. The number of hydrogen-bond acceptors (Lipinski definition) is 1. The number of fused-ring (bicyclic) bond motifs is 1. The maximum absolute atomic E-state index is 2.42. The van der Waals surface area contributed by atoms with Crippen LogP contribution < -0.4 is 0 Å². The van der Waals surface area contributed by atoms with Crippen LogP contribution in [0.15, 0.2) is 48.5 Å². The summed E-state index contributed by atoms with van der Waals surface area (Å²) in [5.41, 5.74) is 5.87. The van der Waals surface area contributed by atoms with Crippen LogP contribution in [0.2, 0.25) is 0 Å². The Balaban J connectivity index is 2.11. The molecule has 0 amide bonds. The summed E-state index contributed by atoms with van der Waals surface area (Å²) in [6.07, 6.45) is 0. The number of nitrogens with zero attached hydrogens (tertiary/aromatic N) is 1. The Morgan fingerprint density at radius 2 is 1.78 bits per heavy atom. The average molecular weight is 237 g/mol. The van der Waals surface area contributed by atoms with Crippen LogP contribution in [0, 0.1) is 6.92 Å². The maximum atomic E-state index is 2.42. The number of likely N-dealkylation sites (N-methyl/N-ethyl adjacent to an activating group) is 1. The second-order valence-electron chi connectivity index (χ2n) is 5.30. The summed E-state index contributed by atoms with van der Waals surface area (Å²) in [4.78, 5) is 2.42. The summed E-state index contributed by atoms with van der Waals surface area (Å²) >= 11 is 0. The van der Waals surface area contributed by atoms with Crippen LogP contribution in [-0.4, -0.2) is 18.5 Å². The lowest BCUT2D eigenvalue weighted by Gasteiger charge is -2.33. The van der Waals surface area contributed by atoms with Gasteiger partial charge in [-0.2, -0.15) is 0 Å². The van der Waals surface area contributed by atoms with Crippen molar-refractivity contribution < 1.29 is 0 Å². The number of benzene rings is 2. The van der Waals surface area contributed by atoms with Crippen molar-refractivity contribution in [2.75, 3.05) is 13.6 Å². The Bertz CT molecular complexity index is 545. The molecule has 0 aliphatic carbocycles. The second-order valence-corrected chi connectivity index (χ2v) is 5.30. The van der Waals surface area contributed by atoms with Gasteiger partial charge in [0.15, 0.2) is 0 Å². The molecule has 0 saturated carbocycles. The first-order chi connectivity index (χ1) is 8.75. The topological polar surface area (TPSA) is 3.24 Å². The highest BCUT2D eigenvalue weighted by atomic mass is 15.1. The molecule has 0 unspecified atom stereocenters. The van der Waals surface area contributed by atoms with Crippen molar-refractivity contribution in [2.45, 2.75) is 19.4 Å². The Labute approximate surface area is 109 Å². The van der Waals surface area contributed by atoms with Gasteiger partial charge < -0.3 is 4.90 Å². The van der Waals surface area contributed by atoms with E-state index in [1.165, 1.54) is 22.3 Å². The number of hydrogen-bond donors (Lipinski definition) is 0. The van der Waals surface area contributed by atoms with Gasteiger partial charge in [-0.15, -0.1) is 0 Å². The quantitative estimate of drug-likeness (QED) is 0.733. The summed E-state index contributed by atoms with van der Waals surface area (Å²) < 4.78 is 0. The highest BCUT2D eigenvalue weighted by Crippen LogP contribution is 2.34. The molecule has 1 aliphatic heterocycles. The molecule has 0 N–H and O–H groups in total. The average Bonchev–Trinajstić information content (AvgIpc) is 2.40. The first-order valence-corrected chi connectivity index (χ1v) is 6.57. The van der Waals surface area contributed by atoms with Gasteiger partial charge in [-0.25, -0.2) is 0 Å².